The number of amides is 1. The highest BCUT2D eigenvalue weighted by molar-refractivity contribution is 7.92. The van der Waals surface area contributed by atoms with Crippen molar-refractivity contribution in [1.82, 2.24) is 4.98 Å². The molecule has 0 atom stereocenters. The molecule has 4 aromatic rings. The topological polar surface area (TPSA) is 97.4 Å². The minimum atomic E-state index is -3.85. The van der Waals surface area contributed by atoms with Crippen molar-refractivity contribution in [3.63, 3.8) is 0 Å². The number of sulfonamides is 1. The normalized spacial score (nSPS) is 11.1. The maximum absolute atomic E-state index is 12.9. The van der Waals surface area contributed by atoms with Gasteiger partial charge >= 0.3 is 0 Å². The van der Waals surface area contributed by atoms with Crippen LogP contribution in [0.3, 0.4) is 0 Å². The SMILES string of the molecule is COc1ccc(NS(=O)(=O)c2cccc(NC(=O)c3sc(-c4ccccc4)nc3C)c2)cc1. The molecule has 1 amide bonds. The van der Waals surface area contributed by atoms with E-state index in [4.69, 9.17) is 4.74 Å². The van der Waals surface area contributed by atoms with Crippen LogP contribution in [0.1, 0.15) is 15.4 Å². The summed E-state index contributed by atoms with van der Waals surface area (Å²) in [6.45, 7) is 1.78. The number of benzene rings is 3. The lowest BCUT2D eigenvalue weighted by molar-refractivity contribution is 0.102. The van der Waals surface area contributed by atoms with Crippen molar-refractivity contribution in [1.29, 1.82) is 0 Å². The number of nitrogens with zero attached hydrogens (tertiary/aromatic N) is 1. The van der Waals surface area contributed by atoms with E-state index in [-0.39, 0.29) is 10.8 Å². The summed E-state index contributed by atoms with van der Waals surface area (Å²) in [6.07, 6.45) is 0. The summed E-state index contributed by atoms with van der Waals surface area (Å²) in [7, 11) is -2.31. The Morgan fingerprint density at radius 1 is 0.939 bits per heavy atom. The molecular formula is C24H21N3O4S2. The van der Waals surface area contributed by atoms with Crippen LogP contribution in [0.25, 0.3) is 10.6 Å². The molecule has 0 saturated carbocycles. The lowest BCUT2D eigenvalue weighted by Crippen LogP contribution is -2.15. The zero-order valence-electron chi connectivity index (χ0n) is 17.9. The Balaban J connectivity index is 1.52. The third-order valence-corrected chi connectivity index (χ3v) is 7.35. The fourth-order valence-corrected chi connectivity index (χ4v) is 5.18. The standard InChI is InChI=1S/C24H21N3O4S2/c1-16-22(32-24(25-16)17-7-4-3-5-8-17)23(28)26-19-9-6-10-21(15-19)33(29,30)27-18-11-13-20(31-2)14-12-18/h3-15,27H,1-2H3,(H,26,28). The van der Waals surface area contributed by atoms with Gasteiger partial charge in [0.05, 0.1) is 17.7 Å². The van der Waals surface area contributed by atoms with Gasteiger partial charge in [0.1, 0.15) is 15.6 Å². The van der Waals surface area contributed by atoms with E-state index >= 15 is 0 Å². The van der Waals surface area contributed by atoms with Gasteiger partial charge in [-0.05, 0) is 49.4 Å². The minimum Gasteiger partial charge on any atom is -0.497 e. The van der Waals surface area contributed by atoms with E-state index in [1.165, 1.54) is 30.6 Å². The van der Waals surface area contributed by atoms with Crippen molar-refractivity contribution in [3.05, 3.63) is 89.4 Å². The molecule has 0 aliphatic carbocycles. The van der Waals surface area contributed by atoms with Gasteiger partial charge < -0.3 is 10.1 Å². The van der Waals surface area contributed by atoms with Crippen LogP contribution in [-0.4, -0.2) is 26.4 Å². The highest BCUT2D eigenvalue weighted by Crippen LogP contribution is 2.29. The Labute approximate surface area is 196 Å². The molecule has 7 nitrogen and oxygen atoms in total. The van der Waals surface area contributed by atoms with Crippen molar-refractivity contribution in [2.24, 2.45) is 0 Å². The van der Waals surface area contributed by atoms with Crippen molar-refractivity contribution in [3.8, 4) is 16.3 Å². The number of anilines is 2. The minimum absolute atomic E-state index is 0.0297. The van der Waals surface area contributed by atoms with Gasteiger partial charge in [-0.1, -0.05) is 36.4 Å². The van der Waals surface area contributed by atoms with Gasteiger partial charge in [-0.2, -0.15) is 0 Å². The lowest BCUT2D eigenvalue weighted by Gasteiger charge is -2.10. The number of rotatable bonds is 7. The summed E-state index contributed by atoms with van der Waals surface area (Å²) in [5, 5.41) is 3.53. The average molecular weight is 480 g/mol. The van der Waals surface area contributed by atoms with E-state index in [0.29, 0.717) is 27.7 Å². The number of ether oxygens (including phenoxy) is 1. The van der Waals surface area contributed by atoms with E-state index in [9.17, 15) is 13.2 Å². The van der Waals surface area contributed by atoms with Crippen LogP contribution in [0.4, 0.5) is 11.4 Å². The maximum Gasteiger partial charge on any atom is 0.267 e. The predicted octanol–water partition coefficient (Wildman–Crippen LogP) is 5.18. The monoisotopic (exact) mass is 479 g/mol. The van der Waals surface area contributed by atoms with Crippen LogP contribution in [0.15, 0.2) is 83.8 Å². The average Bonchev–Trinajstić information content (AvgIpc) is 3.22. The van der Waals surface area contributed by atoms with Gasteiger partial charge in [-0.25, -0.2) is 13.4 Å². The predicted molar refractivity (Wildman–Crippen MR) is 130 cm³/mol. The Bertz CT molecular complexity index is 1380. The van der Waals surface area contributed by atoms with Crippen LogP contribution in [0.2, 0.25) is 0 Å². The molecular weight excluding hydrogens is 458 g/mol. The van der Waals surface area contributed by atoms with Crippen molar-refractivity contribution >= 4 is 38.6 Å². The zero-order valence-corrected chi connectivity index (χ0v) is 19.5. The van der Waals surface area contributed by atoms with Crippen molar-refractivity contribution in [2.75, 3.05) is 17.1 Å². The molecule has 0 fully saturated rings. The molecule has 0 unspecified atom stereocenters. The van der Waals surface area contributed by atoms with Gasteiger partial charge in [0.15, 0.2) is 0 Å². The fourth-order valence-electron chi connectivity index (χ4n) is 3.11. The first-order valence-electron chi connectivity index (χ1n) is 9.97. The molecule has 0 saturated heterocycles. The van der Waals surface area contributed by atoms with Gasteiger partial charge in [-0.15, -0.1) is 11.3 Å². The van der Waals surface area contributed by atoms with E-state index in [0.717, 1.165) is 10.6 Å². The summed E-state index contributed by atoms with van der Waals surface area (Å²) in [5.74, 6) is 0.279. The number of hydrogen-bond acceptors (Lipinski definition) is 6. The number of hydrogen-bond donors (Lipinski definition) is 2. The van der Waals surface area contributed by atoms with Crippen LogP contribution < -0.4 is 14.8 Å². The molecule has 2 N–H and O–H groups in total. The van der Waals surface area contributed by atoms with Gasteiger partial charge in [0.2, 0.25) is 0 Å². The zero-order chi connectivity index (χ0) is 23.4. The molecule has 1 heterocycles. The number of aryl methyl sites for hydroxylation is 1. The van der Waals surface area contributed by atoms with Crippen molar-refractivity contribution < 1.29 is 17.9 Å². The van der Waals surface area contributed by atoms with Crippen LogP contribution in [0.5, 0.6) is 5.75 Å². The Morgan fingerprint density at radius 2 is 1.67 bits per heavy atom. The third-order valence-electron chi connectivity index (χ3n) is 4.77. The highest BCUT2D eigenvalue weighted by atomic mass is 32.2. The maximum atomic E-state index is 12.9. The van der Waals surface area contributed by atoms with Crippen LogP contribution >= 0.6 is 11.3 Å². The van der Waals surface area contributed by atoms with Gasteiger partial charge in [-0.3, -0.25) is 9.52 Å². The Hall–Kier alpha value is -3.69. The van der Waals surface area contributed by atoms with Gasteiger partial charge in [0, 0.05) is 16.9 Å². The molecule has 1 aromatic heterocycles. The van der Waals surface area contributed by atoms with Gasteiger partial charge in [0.25, 0.3) is 15.9 Å². The highest BCUT2D eigenvalue weighted by Gasteiger charge is 2.19. The molecule has 0 aliphatic heterocycles. The Morgan fingerprint density at radius 3 is 2.36 bits per heavy atom. The number of methoxy groups -OCH3 is 1. The number of nitrogens with one attached hydrogen (secondary N) is 2. The van der Waals surface area contributed by atoms with E-state index in [2.05, 4.69) is 15.0 Å². The summed E-state index contributed by atoms with van der Waals surface area (Å²) in [4.78, 5) is 17.9. The molecule has 0 radical (unpaired) electrons. The first kappa shape index (κ1) is 22.5. The van der Waals surface area contributed by atoms with Crippen molar-refractivity contribution in [2.45, 2.75) is 11.8 Å². The molecule has 4 rings (SSSR count). The molecule has 9 heteroatoms. The first-order valence-corrected chi connectivity index (χ1v) is 12.3. The molecule has 0 bridgehead atoms. The molecule has 168 valence electrons. The first-order chi connectivity index (χ1) is 15.9. The Kier molecular flexibility index (Phi) is 6.43. The van der Waals surface area contributed by atoms with Crippen LogP contribution in [-0.2, 0) is 10.0 Å². The quantitative estimate of drug-likeness (QED) is 0.381. The van der Waals surface area contributed by atoms with E-state index in [1.807, 2.05) is 30.3 Å². The molecule has 0 spiro atoms. The number of carbonyl (C=O) groups excluding carboxylic acids is 1. The molecule has 3 aromatic carbocycles. The number of aromatic nitrogens is 1. The largest absolute Gasteiger partial charge is 0.497 e. The summed E-state index contributed by atoms with van der Waals surface area (Å²) in [5.41, 5.74) is 2.31. The lowest BCUT2D eigenvalue weighted by atomic mass is 10.2. The summed E-state index contributed by atoms with van der Waals surface area (Å²) >= 11 is 1.29. The van der Waals surface area contributed by atoms with E-state index < -0.39 is 10.0 Å². The van der Waals surface area contributed by atoms with E-state index in [1.54, 1.807) is 43.3 Å². The second kappa shape index (κ2) is 9.43. The molecule has 33 heavy (non-hydrogen) atoms. The smallest absolute Gasteiger partial charge is 0.267 e. The number of thiazole rings is 1. The molecule has 0 aliphatic rings. The summed E-state index contributed by atoms with van der Waals surface area (Å²) in [6, 6.07) is 22.3. The number of carbonyl (C=O) groups is 1. The second-order valence-corrected chi connectivity index (χ2v) is 9.80. The van der Waals surface area contributed by atoms with Crippen LogP contribution in [0, 0.1) is 6.92 Å². The fraction of sp³-hybridized carbons (Fsp3) is 0.0833. The summed E-state index contributed by atoms with van der Waals surface area (Å²) < 4.78 is 33.2. The second-order valence-electron chi connectivity index (χ2n) is 7.12. The third kappa shape index (κ3) is 5.21.